The first-order chi connectivity index (χ1) is 10.4. The van der Waals surface area contributed by atoms with Gasteiger partial charge in [0, 0.05) is 12.0 Å². The molecule has 2 aromatic carbocycles. The van der Waals surface area contributed by atoms with E-state index in [4.69, 9.17) is 4.74 Å². The van der Waals surface area contributed by atoms with Gasteiger partial charge in [0.15, 0.2) is 0 Å². The van der Waals surface area contributed by atoms with Gasteiger partial charge in [0.25, 0.3) is 0 Å². The lowest BCUT2D eigenvalue weighted by Gasteiger charge is -2.21. The second-order valence-electron chi connectivity index (χ2n) is 6.59. The fourth-order valence-electron chi connectivity index (χ4n) is 2.75. The maximum atomic E-state index is 12.4. The van der Waals surface area contributed by atoms with Gasteiger partial charge in [-0.2, -0.15) is 0 Å². The highest BCUT2D eigenvalue weighted by Gasteiger charge is 2.21. The van der Waals surface area contributed by atoms with Crippen LogP contribution in [0.3, 0.4) is 0 Å². The Bertz CT molecular complexity index is 784. The minimum absolute atomic E-state index is 0.242. The van der Waals surface area contributed by atoms with Gasteiger partial charge in [-0.05, 0) is 42.7 Å². The molecule has 0 saturated heterocycles. The van der Waals surface area contributed by atoms with Crippen LogP contribution in [0.4, 0.5) is 0 Å². The van der Waals surface area contributed by atoms with Crippen LogP contribution in [0.5, 0.6) is 0 Å². The first-order valence-corrected chi connectivity index (χ1v) is 7.55. The average molecular weight is 292 g/mol. The molecule has 22 heavy (non-hydrogen) atoms. The van der Waals surface area contributed by atoms with E-state index in [0.29, 0.717) is 12.0 Å². The second kappa shape index (κ2) is 5.45. The summed E-state index contributed by atoms with van der Waals surface area (Å²) < 4.78 is 5.52. The number of benzene rings is 2. The number of hydrogen-bond acceptors (Lipinski definition) is 2. The summed E-state index contributed by atoms with van der Waals surface area (Å²) in [7, 11) is 0. The van der Waals surface area contributed by atoms with Crippen LogP contribution in [0.2, 0.25) is 0 Å². The summed E-state index contributed by atoms with van der Waals surface area (Å²) in [4.78, 5) is 12.4. The Kier molecular flexibility index (Phi) is 3.61. The predicted octanol–water partition coefficient (Wildman–Crippen LogP) is 4.68. The Morgan fingerprint density at radius 2 is 1.82 bits per heavy atom. The first kappa shape index (κ1) is 14.6. The summed E-state index contributed by atoms with van der Waals surface area (Å²) in [6.07, 6.45) is 6.44. The van der Waals surface area contributed by atoms with Crippen LogP contribution in [0.25, 0.3) is 16.8 Å². The topological polar surface area (TPSA) is 26.3 Å². The second-order valence-corrected chi connectivity index (χ2v) is 6.59. The monoisotopic (exact) mass is 292 g/mol. The van der Waals surface area contributed by atoms with Crippen molar-refractivity contribution in [1.82, 2.24) is 0 Å². The molecule has 0 saturated carbocycles. The number of esters is 1. The first-order valence-electron chi connectivity index (χ1n) is 7.55. The van der Waals surface area contributed by atoms with Crippen molar-refractivity contribution in [3.63, 3.8) is 0 Å². The quantitative estimate of drug-likeness (QED) is 0.713. The highest BCUT2D eigenvalue weighted by molar-refractivity contribution is 5.97. The molecule has 2 heteroatoms. The van der Waals surface area contributed by atoms with Gasteiger partial charge in [0.05, 0.1) is 0 Å². The molecule has 0 heterocycles. The SMILES string of the molecule is CC(C)(C)OC(=O)/C1=C/C=C\c2cccc3cccc(c23)C1. The summed E-state index contributed by atoms with van der Waals surface area (Å²) in [5.41, 5.74) is 2.56. The molecule has 0 atom stereocenters. The number of rotatable bonds is 1. The van der Waals surface area contributed by atoms with Gasteiger partial charge in [-0.3, -0.25) is 0 Å². The van der Waals surface area contributed by atoms with Crippen molar-refractivity contribution in [2.75, 3.05) is 0 Å². The third-order valence-corrected chi connectivity index (χ3v) is 3.64. The molecule has 0 amide bonds. The van der Waals surface area contributed by atoms with Crippen molar-refractivity contribution < 1.29 is 9.53 Å². The number of hydrogen-bond donors (Lipinski definition) is 0. The molecule has 0 bridgehead atoms. The fraction of sp³-hybridized carbons (Fsp3) is 0.250. The summed E-state index contributed by atoms with van der Waals surface area (Å²) >= 11 is 0. The molecule has 0 radical (unpaired) electrons. The molecular weight excluding hydrogens is 272 g/mol. The molecule has 0 spiro atoms. The molecular formula is C20H20O2. The normalized spacial score (nSPS) is 18.0. The Morgan fingerprint density at radius 1 is 1.09 bits per heavy atom. The van der Waals surface area contributed by atoms with Gasteiger partial charge in [-0.1, -0.05) is 54.6 Å². The summed E-state index contributed by atoms with van der Waals surface area (Å²) in [6.45, 7) is 5.67. The van der Waals surface area contributed by atoms with Crippen LogP contribution in [-0.2, 0) is 16.0 Å². The summed E-state index contributed by atoms with van der Waals surface area (Å²) in [5, 5.41) is 2.42. The third-order valence-electron chi connectivity index (χ3n) is 3.64. The maximum absolute atomic E-state index is 12.4. The van der Waals surface area contributed by atoms with E-state index in [1.54, 1.807) is 0 Å². The molecule has 0 unspecified atom stereocenters. The van der Waals surface area contributed by atoms with E-state index in [-0.39, 0.29) is 5.97 Å². The largest absolute Gasteiger partial charge is 0.457 e. The molecule has 1 aliphatic rings. The van der Waals surface area contributed by atoms with Gasteiger partial charge >= 0.3 is 5.97 Å². The minimum atomic E-state index is -0.478. The zero-order chi connectivity index (χ0) is 15.7. The predicted molar refractivity (Wildman–Crippen MR) is 90.6 cm³/mol. The van der Waals surface area contributed by atoms with E-state index in [0.717, 1.165) is 5.56 Å². The zero-order valence-electron chi connectivity index (χ0n) is 13.2. The molecule has 2 nitrogen and oxygen atoms in total. The van der Waals surface area contributed by atoms with E-state index < -0.39 is 5.60 Å². The van der Waals surface area contributed by atoms with E-state index >= 15 is 0 Å². The maximum Gasteiger partial charge on any atom is 0.334 e. The molecule has 2 aromatic rings. The van der Waals surface area contributed by atoms with Crippen molar-refractivity contribution in [3.8, 4) is 0 Å². The van der Waals surface area contributed by atoms with Crippen LogP contribution < -0.4 is 0 Å². The molecule has 0 aromatic heterocycles. The van der Waals surface area contributed by atoms with Crippen LogP contribution >= 0.6 is 0 Å². The molecule has 0 N–H and O–H groups in total. The van der Waals surface area contributed by atoms with Crippen LogP contribution in [0.1, 0.15) is 31.9 Å². The molecule has 112 valence electrons. The Labute approximate surface area is 131 Å². The lowest BCUT2D eigenvalue weighted by atomic mass is 9.93. The Balaban J connectivity index is 2.04. The van der Waals surface area contributed by atoms with E-state index in [9.17, 15) is 4.79 Å². The van der Waals surface area contributed by atoms with Gasteiger partial charge in [0.1, 0.15) is 5.60 Å². The number of allylic oxidation sites excluding steroid dienone is 2. The Hall–Kier alpha value is -2.35. The van der Waals surface area contributed by atoms with Crippen LogP contribution in [0, 0.1) is 0 Å². The average Bonchev–Trinajstić information content (AvgIpc) is 2.41. The van der Waals surface area contributed by atoms with Crippen LogP contribution in [-0.4, -0.2) is 11.6 Å². The van der Waals surface area contributed by atoms with Crippen LogP contribution in [0.15, 0.2) is 54.1 Å². The Morgan fingerprint density at radius 3 is 2.55 bits per heavy atom. The lowest BCUT2D eigenvalue weighted by molar-refractivity contribution is -0.149. The van der Waals surface area contributed by atoms with Gasteiger partial charge in [-0.15, -0.1) is 0 Å². The molecule has 0 fully saturated rings. The molecule has 0 aliphatic heterocycles. The van der Waals surface area contributed by atoms with Gasteiger partial charge in [0.2, 0.25) is 0 Å². The van der Waals surface area contributed by atoms with Gasteiger partial charge < -0.3 is 4.74 Å². The standard InChI is InChI=1S/C20H20O2/c1-20(2,3)22-19(21)17-12-6-10-15-8-4-7-14-9-5-11-16(13-17)18(14)15/h4-12H,13H2,1-3H3/b10-6-,17-12+. The fourth-order valence-corrected chi connectivity index (χ4v) is 2.75. The number of carbonyl (C=O) groups is 1. The van der Waals surface area contributed by atoms with Crippen molar-refractivity contribution >= 4 is 22.8 Å². The minimum Gasteiger partial charge on any atom is -0.457 e. The zero-order valence-corrected chi connectivity index (χ0v) is 13.2. The lowest BCUT2D eigenvalue weighted by Crippen LogP contribution is -2.25. The van der Waals surface area contributed by atoms with Gasteiger partial charge in [-0.25, -0.2) is 4.79 Å². The summed E-state index contributed by atoms with van der Waals surface area (Å²) in [6, 6.07) is 12.5. The third kappa shape index (κ3) is 2.96. The molecule has 1 aliphatic carbocycles. The number of ether oxygens (including phenoxy) is 1. The highest BCUT2D eigenvalue weighted by Crippen LogP contribution is 2.28. The van der Waals surface area contributed by atoms with Crippen molar-refractivity contribution in [2.45, 2.75) is 32.8 Å². The van der Waals surface area contributed by atoms with E-state index in [2.05, 4.69) is 36.4 Å². The van der Waals surface area contributed by atoms with E-state index in [1.807, 2.05) is 39.0 Å². The highest BCUT2D eigenvalue weighted by atomic mass is 16.6. The summed E-state index contributed by atoms with van der Waals surface area (Å²) in [5.74, 6) is -0.242. The van der Waals surface area contributed by atoms with Crippen molar-refractivity contribution in [3.05, 3.63) is 65.3 Å². The van der Waals surface area contributed by atoms with E-state index in [1.165, 1.54) is 16.3 Å². The number of carbonyl (C=O) groups excluding carboxylic acids is 1. The molecule has 3 rings (SSSR count). The smallest absolute Gasteiger partial charge is 0.334 e. The van der Waals surface area contributed by atoms with Crippen molar-refractivity contribution in [2.24, 2.45) is 0 Å². The van der Waals surface area contributed by atoms with Crippen molar-refractivity contribution in [1.29, 1.82) is 0 Å².